The first-order valence-corrected chi connectivity index (χ1v) is 9.68. The molecule has 29 heavy (non-hydrogen) atoms. The number of likely N-dealkylation sites (tertiary alicyclic amines) is 1. The third-order valence-electron chi connectivity index (χ3n) is 4.38. The normalized spacial score (nSPS) is 13.9. The Hall–Kier alpha value is -3.60. The van der Waals surface area contributed by atoms with Gasteiger partial charge in [0.2, 0.25) is 17.7 Å². The summed E-state index contributed by atoms with van der Waals surface area (Å²) in [7, 11) is 0. The van der Waals surface area contributed by atoms with Crippen LogP contribution in [0.4, 0.5) is 5.69 Å². The highest BCUT2D eigenvalue weighted by molar-refractivity contribution is 7.12. The number of aromatic nitrogens is 4. The number of thiophene rings is 1. The Bertz CT molecular complexity index is 1100. The van der Waals surface area contributed by atoms with Gasteiger partial charge in [0.1, 0.15) is 11.5 Å². The summed E-state index contributed by atoms with van der Waals surface area (Å²) in [4.78, 5) is 49.1. The number of benzene rings is 1. The van der Waals surface area contributed by atoms with Gasteiger partial charge < -0.3 is 5.32 Å². The molecule has 0 atom stereocenters. The Morgan fingerprint density at radius 1 is 1.03 bits per heavy atom. The minimum absolute atomic E-state index is 0.173. The number of nitrogens with one attached hydrogen (secondary N) is 1. The smallest absolute Gasteiger partial charge is 0.324 e. The number of hydrogen-bond donors (Lipinski definition) is 1. The van der Waals surface area contributed by atoms with Crippen molar-refractivity contribution in [1.29, 1.82) is 0 Å². The van der Waals surface area contributed by atoms with Crippen molar-refractivity contribution in [2.24, 2.45) is 0 Å². The Kier molecular flexibility index (Phi) is 5.04. The predicted octanol–water partition coefficient (Wildman–Crippen LogP) is 0.778. The average molecular weight is 412 g/mol. The number of tetrazole rings is 1. The summed E-state index contributed by atoms with van der Waals surface area (Å²) in [6, 6.07) is 10.3. The molecule has 3 aromatic rings. The topological polar surface area (TPSA) is 119 Å². The van der Waals surface area contributed by atoms with Gasteiger partial charge in [0.25, 0.3) is 0 Å². The van der Waals surface area contributed by atoms with Crippen molar-refractivity contribution in [1.82, 2.24) is 24.7 Å². The third-order valence-corrected chi connectivity index (χ3v) is 5.22. The van der Waals surface area contributed by atoms with E-state index in [1.54, 1.807) is 36.4 Å². The summed E-state index contributed by atoms with van der Waals surface area (Å²) in [6.07, 6.45) is 0.507. The molecule has 3 heterocycles. The van der Waals surface area contributed by atoms with Crippen molar-refractivity contribution >= 4 is 34.7 Å². The number of anilines is 1. The van der Waals surface area contributed by atoms with Crippen molar-refractivity contribution in [2.75, 3.05) is 5.32 Å². The fourth-order valence-electron chi connectivity index (χ4n) is 2.91. The monoisotopic (exact) mass is 412 g/mol. The Balaban J connectivity index is 1.37. The zero-order valence-corrected chi connectivity index (χ0v) is 16.0. The Morgan fingerprint density at radius 3 is 2.41 bits per heavy atom. The molecule has 1 aliphatic rings. The van der Waals surface area contributed by atoms with Gasteiger partial charge in [-0.1, -0.05) is 12.1 Å². The van der Waals surface area contributed by atoms with Crippen molar-refractivity contribution in [2.45, 2.75) is 25.9 Å². The van der Waals surface area contributed by atoms with Crippen LogP contribution in [-0.2, 0) is 27.5 Å². The Morgan fingerprint density at radius 2 is 1.76 bits per heavy atom. The molecule has 10 nitrogen and oxygen atoms in total. The van der Waals surface area contributed by atoms with E-state index in [1.165, 1.54) is 16.2 Å². The highest BCUT2D eigenvalue weighted by Crippen LogP contribution is 2.17. The number of rotatable bonds is 6. The van der Waals surface area contributed by atoms with Gasteiger partial charge in [-0.3, -0.25) is 19.3 Å². The highest BCUT2D eigenvalue weighted by atomic mass is 32.1. The number of hydrogen-bond acceptors (Lipinski definition) is 7. The second-order valence-corrected chi connectivity index (χ2v) is 7.33. The van der Waals surface area contributed by atoms with Crippen molar-refractivity contribution < 1.29 is 14.4 Å². The van der Waals surface area contributed by atoms with Gasteiger partial charge in [-0.15, -0.1) is 11.3 Å². The summed E-state index contributed by atoms with van der Waals surface area (Å²) in [6.45, 7) is -0.0597. The zero-order valence-electron chi connectivity index (χ0n) is 15.1. The maximum Gasteiger partial charge on any atom is 0.369 e. The summed E-state index contributed by atoms with van der Waals surface area (Å²) in [5.41, 5.74) is 0.802. The lowest BCUT2D eigenvalue weighted by Crippen LogP contribution is -2.29. The van der Waals surface area contributed by atoms with E-state index < -0.39 is 11.6 Å². The van der Waals surface area contributed by atoms with Crippen LogP contribution in [0, 0.1) is 0 Å². The second-order valence-electron chi connectivity index (χ2n) is 6.40. The van der Waals surface area contributed by atoms with Crippen LogP contribution in [0.2, 0.25) is 0 Å². The number of amides is 3. The largest absolute Gasteiger partial charge is 0.369 e. The molecular formula is C18H16N6O4S. The molecular weight excluding hydrogens is 396 g/mol. The quantitative estimate of drug-likeness (QED) is 0.598. The van der Waals surface area contributed by atoms with Crippen LogP contribution in [0.15, 0.2) is 46.6 Å². The molecule has 0 radical (unpaired) electrons. The van der Waals surface area contributed by atoms with Gasteiger partial charge in [0, 0.05) is 18.5 Å². The molecule has 3 amide bonds. The maximum absolute atomic E-state index is 12.3. The molecule has 0 spiro atoms. The first-order chi connectivity index (χ1) is 14.0. The molecule has 2 aromatic heterocycles. The minimum Gasteiger partial charge on any atom is -0.324 e. The molecule has 1 aliphatic heterocycles. The van der Waals surface area contributed by atoms with E-state index in [9.17, 15) is 19.2 Å². The lowest BCUT2D eigenvalue weighted by atomic mass is 10.2. The van der Waals surface area contributed by atoms with Gasteiger partial charge in [0.15, 0.2) is 0 Å². The average Bonchev–Trinajstić information content (AvgIpc) is 3.42. The van der Waals surface area contributed by atoms with Crippen LogP contribution < -0.4 is 11.0 Å². The second kappa shape index (κ2) is 7.80. The summed E-state index contributed by atoms with van der Waals surface area (Å²) < 4.78 is 2.11. The number of nitrogens with zero attached hydrogens (tertiary/aromatic N) is 5. The molecule has 0 bridgehead atoms. The van der Waals surface area contributed by atoms with Gasteiger partial charge in [-0.25, -0.2) is 4.79 Å². The third kappa shape index (κ3) is 3.99. The van der Waals surface area contributed by atoms with E-state index >= 15 is 0 Å². The van der Waals surface area contributed by atoms with E-state index in [-0.39, 0.29) is 37.7 Å². The fraction of sp³-hybridized carbons (Fsp3) is 0.222. The van der Waals surface area contributed by atoms with E-state index in [2.05, 4.69) is 15.7 Å². The molecule has 148 valence electrons. The molecule has 1 fully saturated rings. The molecule has 11 heteroatoms. The van der Waals surface area contributed by atoms with E-state index in [4.69, 9.17) is 0 Å². The van der Waals surface area contributed by atoms with Gasteiger partial charge in [0.05, 0.1) is 6.54 Å². The molecule has 0 aliphatic carbocycles. The molecule has 1 aromatic carbocycles. The first-order valence-electron chi connectivity index (χ1n) is 8.80. The van der Waals surface area contributed by atoms with Crippen LogP contribution in [0.25, 0.3) is 5.00 Å². The van der Waals surface area contributed by atoms with Gasteiger partial charge in [-0.05, 0) is 45.6 Å². The highest BCUT2D eigenvalue weighted by Gasteiger charge is 2.28. The molecule has 0 saturated carbocycles. The number of carbonyl (C=O) groups is 3. The summed E-state index contributed by atoms with van der Waals surface area (Å²) in [5, 5.41) is 12.6. The standard InChI is InChI=1S/C18H16N6O4S/c25-14(11-23-18(28)24(21-20-23)17-2-1-9-29-17)19-13-5-3-12(4-6-13)10-22-15(26)7-8-16(22)27/h1-6,9H,7-8,10-11H2,(H,19,25). The lowest BCUT2D eigenvalue weighted by Gasteiger charge is -2.14. The molecule has 1 N–H and O–H groups in total. The van der Waals surface area contributed by atoms with Crippen LogP contribution in [-0.4, -0.2) is 42.4 Å². The van der Waals surface area contributed by atoms with E-state index in [0.29, 0.717) is 10.7 Å². The zero-order chi connectivity index (χ0) is 20.4. The minimum atomic E-state index is -0.502. The predicted molar refractivity (Wildman–Crippen MR) is 103 cm³/mol. The molecule has 0 unspecified atom stereocenters. The van der Waals surface area contributed by atoms with E-state index in [0.717, 1.165) is 14.9 Å². The lowest BCUT2D eigenvalue weighted by molar-refractivity contribution is -0.139. The Labute approximate surface area is 168 Å². The summed E-state index contributed by atoms with van der Waals surface area (Å²) in [5.74, 6) is -0.773. The fourth-order valence-corrected chi connectivity index (χ4v) is 3.58. The maximum atomic E-state index is 12.3. The van der Waals surface area contributed by atoms with Gasteiger partial charge >= 0.3 is 5.69 Å². The number of carbonyl (C=O) groups excluding carboxylic acids is 3. The summed E-state index contributed by atoms with van der Waals surface area (Å²) >= 11 is 1.34. The molecule has 4 rings (SSSR count). The van der Waals surface area contributed by atoms with Crippen molar-refractivity contribution in [3.63, 3.8) is 0 Å². The van der Waals surface area contributed by atoms with Crippen molar-refractivity contribution in [3.05, 3.63) is 57.8 Å². The number of imide groups is 1. The van der Waals surface area contributed by atoms with Crippen molar-refractivity contribution in [3.8, 4) is 5.00 Å². The first kappa shape index (κ1) is 18.7. The SMILES string of the molecule is O=C(Cn1nnn(-c2cccs2)c1=O)Nc1ccc(CN2C(=O)CCC2=O)cc1. The van der Waals surface area contributed by atoms with Gasteiger partial charge in [-0.2, -0.15) is 9.36 Å². The van der Waals surface area contributed by atoms with Crippen LogP contribution >= 0.6 is 11.3 Å². The van der Waals surface area contributed by atoms with Crippen LogP contribution in [0.5, 0.6) is 0 Å². The van der Waals surface area contributed by atoms with E-state index in [1.807, 2.05) is 5.38 Å². The van der Waals surface area contributed by atoms with Crippen LogP contribution in [0.3, 0.4) is 0 Å². The molecule has 1 saturated heterocycles. The van der Waals surface area contributed by atoms with Crippen LogP contribution in [0.1, 0.15) is 18.4 Å².